The molecule has 0 bridgehead atoms. The molecule has 2 N–H and O–H groups in total. The van der Waals surface area contributed by atoms with Crippen LogP contribution in [0.1, 0.15) is 5.56 Å². The van der Waals surface area contributed by atoms with Crippen LogP contribution in [0.15, 0.2) is 29.4 Å². The second-order valence-corrected chi connectivity index (χ2v) is 5.69. The molecule has 8 heteroatoms. The number of likely N-dealkylation sites (tertiary alicyclic amines) is 1. The average Bonchev–Trinajstić information content (AvgIpc) is 3.09. The minimum Gasteiger partial charge on any atom is -0.497 e. The van der Waals surface area contributed by atoms with E-state index < -0.39 is 11.9 Å². The van der Waals surface area contributed by atoms with Crippen molar-refractivity contribution in [3.63, 3.8) is 0 Å². The van der Waals surface area contributed by atoms with Crippen molar-refractivity contribution in [3.05, 3.63) is 29.8 Å². The van der Waals surface area contributed by atoms with Gasteiger partial charge >= 0.3 is 11.9 Å². The fourth-order valence-electron chi connectivity index (χ4n) is 2.71. The third-order valence-electron chi connectivity index (χ3n) is 3.91. The standard InChI is InChI=1S/C14H18N2O2.C2H2O4/c1-16-8-12-13(15-18-14(12)9-16)7-10-3-5-11(17-2)6-4-10;3-1(4)2(5)6/h3-6,12,14H,7-9H2,1-2H3;(H,3,4)(H,5,6). The first-order chi connectivity index (χ1) is 11.4. The van der Waals surface area contributed by atoms with Crippen LogP contribution < -0.4 is 4.74 Å². The van der Waals surface area contributed by atoms with Gasteiger partial charge in [-0.15, -0.1) is 0 Å². The lowest BCUT2D eigenvalue weighted by Gasteiger charge is -2.09. The van der Waals surface area contributed by atoms with Gasteiger partial charge in [-0.2, -0.15) is 0 Å². The zero-order valence-corrected chi connectivity index (χ0v) is 13.5. The SMILES string of the molecule is COc1ccc(CC2=NOC3CN(C)CC23)cc1.O=C(O)C(=O)O. The van der Waals surface area contributed by atoms with Crippen molar-refractivity contribution in [1.82, 2.24) is 4.90 Å². The molecule has 0 amide bonds. The van der Waals surface area contributed by atoms with Crippen LogP contribution in [0.25, 0.3) is 0 Å². The maximum Gasteiger partial charge on any atom is 0.414 e. The predicted octanol–water partition coefficient (Wildman–Crippen LogP) is 0.710. The molecule has 0 aliphatic carbocycles. The van der Waals surface area contributed by atoms with Gasteiger partial charge in [0, 0.05) is 19.5 Å². The highest BCUT2D eigenvalue weighted by atomic mass is 16.6. The molecule has 0 aromatic heterocycles. The monoisotopic (exact) mass is 336 g/mol. The third kappa shape index (κ3) is 4.45. The van der Waals surface area contributed by atoms with Gasteiger partial charge in [-0.05, 0) is 24.7 Å². The summed E-state index contributed by atoms with van der Waals surface area (Å²) in [6.07, 6.45) is 1.14. The molecule has 1 aromatic carbocycles. The zero-order chi connectivity index (χ0) is 17.7. The molecule has 2 atom stereocenters. The zero-order valence-electron chi connectivity index (χ0n) is 13.5. The number of carboxylic acids is 2. The topological polar surface area (TPSA) is 109 Å². The summed E-state index contributed by atoms with van der Waals surface area (Å²) in [4.78, 5) is 26.0. The molecule has 1 saturated heterocycles. The van der Waals surface area contributed by atoms with E-state index in [-0.39, 0.29) is 6.10 Å². The van der Waals surface area contributed by atoms with Crippen molar-refractivity contribution >= 4 is 17.7 Å². The van der Waals surface area contributed by atoms with E-state index in [1.165, 1.54) is 11.3 Å². The largest absolute Gasteiger partial charge is 0.497 e. The van der Waals surface area contributed by atoms with Crippen LogP contribution in [-0.4, -0.2) is 66.1 Å². The van der Waals surface area contributed by atoms with Crippen LogP contribution in [0.2, 0.25) is 0 Å². The number of carbonyl (C=O) groups is 2. The summed E-state index contributed by atoms with van der Waals surface area (Å²) in [5, 5.41) is 19.0. The maximum absolute atomic E-state index is 9.10. The average molecular weight is 336 g/mol. The van der Waals surface area contributed by atoms with Crippen molar-refractivity contribution < 1.29 is 29.4 Å². The van der Waals surface area contributed by atoms with Crippen LogP contribution in [0.4, 0.5) is 0 Å². The molecule has 3 rings (SSSR count). The summed E-state index contributed by atoms with van der Waals surface area (Å²) in [5.74, 6) is -2.29. The predicted molar refractivity (Wildman–Crippen MR) is 85.3 cm³/mol. The van der Waals surface area contributed by atoms with E-state index in [9.17, 15) is 0 Å². The van der Waals surface area contributed by atoms with Gasteiger partial charge in [-0.1, -0.05) is 17.3 Å². The van der Waals surface area contributed by atoms with Crippen LogP contribution in [0.3, 0.4) is 0 Å². The minimum atomic E-state index is -1.82. The number of methoxy groups -OCH3 is 1. The van der Waals surface area contributed by atoms with Crippen LogP contribution in [-0.2, 0) is 20.8 Å². The van der Waals surface area contributed by atoms with Crippen molar-refractivity contribution in [2.24, 2.45) is 11.1 Å². The number of rotatable bonds is 3. The highest BCUT2D eigenvalue weighted by Gasteiger charge is 2.40. The van der Waals surface area contributed by atoms with Gasteiger partial charge < -0.3 is 24.7 Å². The second kappa shape index (κ2) is 7.78. The molecular weight excluding hydrogens is 316 g/mol. The van der Waals surface area contributed by atoms with Gasteiger partial charge in [-0.3, -0.25) is 0 Å². The molecular formula is C16H20N2O6. The number of benzene rings is 1. The number of ether oxygens (including phenoxy) is 1. The number of fused-ring (bicyclic) bond motifs is 1. The molecule has 130 valence electrons. The van der Waals surface area contributed by atoms with Crippen molar-refractivity contribution in [1.29, 1.82) is 0 Å². The third-order valence-corrected chi connectivity index (χ3v) is 3.91. The Bertz CT molecular complexity index is 616. The number of oxime groups is 1. The quantitative estimate of drug-likeness (QED) is 0.782. The molecule has 2 aliphatic rings. The molecule has 0 spiro atoms. The van der Waals surface area contributed by atoms with Gasteiger partial charge in [0.15, 0.2) is 0 Å². The van der Waals surface area contributed by atoms with Crippen molar-refractivity contribution in [2.45, 2.75) is 12.5 Å². The smallest absolute Gasteiger partial charge is 0.414 e. The first-order valence-corrected chi connectivity index (χ1v) is 7.41. The summed E-state index contributed by atoms with van der Waals surface area (Å²) in [5.41, 5.74) is 2.43. The molecule has 1 aromatic rings. The number of hydrogen-bond donors (Lipinski definition) is 2. The molecule has 0 radical (unpaired) electrons. The Kier molecular flexibility index (Phi) is 5.75. The Labute approximate surface area is 139 Å². The van der Waals surface area contributed by atoms with E-state index in [1.54, 1.807) is 7.11 Å². The van der Waals surface area contributed by atoms with Crippen molar-refractivity contribution in [2.75, 3.05) is 27.2 Å². The van der Waals surface area contributed by atoms with Gasteiger partial charge in [0.2, 0.25) is 0 Å². The van der Waals surface area contributed by atoms with Gasteiger partial charge in [0.05, 0.1) is 18.7 Å². The number of carboxylic acid groups (broad SMARTS) is 2. The van der Waals surface area contributed by atoms with Crippen LogP contribution in [0.5, 0.6) is 5.75 Å². The molecule has 2 aliphatic heterocycles. The Hall–Kier alpha value is -2.61. The van der Waals surface area contributed by atoms with Gasteiger partial charge in [0.1, 0.15) is 11.9 Å². The fourth-order valence-corrected chi connectivity index (χ4v) is 2.71. The van der Waals surface area contributed by atoms with E-state index >= 15 is 0 Å². The summed E-state index contributed by atoms with van der Waals surface area (Å²) in [6.45, 7) is 2.04. The number of likely N-dealkylation sites (N-methyl/N-ethyl adjacent to an activating group) is 1. The van der Waals surface area contributed by atoms with Crippen molar-refractivity contribution in [3.8, 4) is 5.75 Å². The molecule has 0 saturated carbocycles. The Balaban J connectivity index is 0.000000301. The lowest BCUT2D eigenvalue weighted by molar-refractivity contribution is -0.159. The first kappa shape index (κ1) is 17.7. The number of hydrogen-bond acceptors (Lipinski definition) is 6. The van der Waals surface area contributed by atoms with Gasteiger partial charge in [0.25, 0.3) is 0 Å². The number of aliphatic carboxylic acids is 2. The first-order valence-electron chi connectivity index (χ1n) is 7.41. The van der Waals surface area contributed by atoms with E-state index in [1.807, 2.05) is 12.1 Å². The van der Waals surface area contributed by atoms with E-state index in [0.717, 1.165) is 25.3 Å². The van der Waals surface area contributed by atoms with Crippen LogP contribution >= 0.6 is 0 Å². The van der Waals surface area contributed by atoms with E-state index in [2.05, 4.69) is 29.2 Å². The molecule has 2 heterocycles. The Morgan fingerprint density at radius 1 is 1.25 bits per heavy atom. The Morgan fingerprint density at radius 2 is 1.88 bits per heavy atom. The molecule has 24 heavy (non-hydrogen) atoms. The number of nitrogens with zero attached hydrogens (tertiary/aromatic N) is 2. The lowest BCUT2D eigenvalue weighted by atomic mass is 9.95. The van der Waals surface area contributed by atoms with Gasteiger partial charge in [-0.25, -0.2) is 9.59 Å². The normalized spacial score (nSPS) is 21.8. The highest BCUT2D eigenvalue weighted by molar-refractivity contribution is 6.27. The van der Waals surface area contributed by atoms with E-state index in [4.69, 9.17) is 29.4 Å². The fraction of sp³-hybridized carbons (Fsp3) is 0.438. The summed E-state index contributed by atoms with van der Waals surface area (Å²) in [6, 6.07) is 8.16. The molecule has 1 fully saturated rings. The minimum absolute atomic E-state index is 0.267. The van der Waals surface area contributed by atoms with E-state index in [0.29, 0.717) is 5.92 Å². The molecule has 8 nitrogen and oxygen atoms in total. The second-order valence-electron chi connectivity index (χ2n) is 5.69. The van der Waals surface area contributed by atoms with Crippen LogP contribution in [0, 0.1) is 5.92 Å². The highest BCUT2D eigenvalue weighted by Crippen LogP contribution is 2.27. The summed E-state index contributed by atoms with van der Waals surface area (Å²) >= 11 is 0. The summed E-state index contributed by atoms with van der Waals surface area (Å²) < 4.78 is 5.16. The Morgan fingerprint density at radius 3 is 2.42 bits per heavy atom. The summed E-state index contributed by atoms with van der Waals surface area (Å²) in [7, 11) is 3.82. The molecule has 2 unspecified atom stereocenters. The lowest BCUT2D eigenvalue weighted by Crippen LogP contribution is -2.22. The maximum atomic E-state index is 9.10.